The number of pyridine rings is 1. The van der Waals surface area contributed by atoms with Crippen molar-refractivity contribution in [3.05, 3.63) is 35.5 Å². The van der Waals surface area contributed by atoms with Crippen LogP contribution >= 0.6 is 11.6 Å². The molecule has 0 amide bonds. The van der Waals surface area contributed by atoms with Gasteiger partial charge in [-0.05, 0) is 56.0 Å². The lowest BCUT2D eigenvalue weighted by atomic mass is 9.85. The fraction of sp³-hybridized carbons (Fsp3) is 0.471. The second-order valence-corrected chi connectivity index (χ2v) is 6.63. The molecule has 1 N–H and O–H groups in total. The van der Waals surface area contributed by atoms with Crippen molar-refractivity contribution in [2.45, 2.75) is 25.3 Å². The summed E-state index contributed by atoms with van der Waals surface area (Å²) in [7, 11) is 0. The first kappa shape index (κ1) is 13.4. The predicted octanol–water partition coefficient (Wildman–Crippen LogP) is 3.47. The van der Waals surface area contributed by atoms with Gasteiger partial charge in [-0.15, -0.1) is 0 Å². The molecule has 0 spiro atoms. The lowest BCUT2D eigenvalue weighted by Gasteiger charge is -2.43. The van der Waals surface area contributed by atoms with Gasteiger partial charge < -0.3 is 10.2 Å². The second-order valence-electron chi connectivity index (χ2n) is 6.19. The van der Waals surface area contributed by atoms with E-state index in [1.165, 1.54) is 36.9 Å². The first-order chi connectivity index (χ1) is 10.3. The minimum Gasteiger partial charge on any atom is -0.371 e. The Morgan fingerprint density at radius 2 is 2.19 bits per heavy atom. The highest BCUT2D eigenvalue weighted by Gasteiger charge is 2.31. The van der Waals surface area contributed by atoms with Crippen molar-refractivity contribution in [3.63, 3.8) is 0 Å². The largest absolute Gasteiger partial charge is 0.371 e. The van der Waals surface area contributed by atoms with Crippen LogP contribution in [0.3, 0.4) is 0 Å². The SMILES string of the molecule is Clc1ccc2c(N3CC[C@@H]4NCCC[C@@H]4C3)ccnc2c1. The quantitative estimate of drug-likeness (QED) is 0.874. The number of halogens is 1. The molecule has 0 unspecified atom stereocenters. The van der Waals surface area contributed by atoms with E-state index in [1.807, 2.05) is 18.3 Å². The molecule has 3 nitrogen and oxygen atoms in total. The van der Waals surface area contributed by atoms with E-state index in [0.29, 0.717) is 0 Å². The van der Waals surface area contributed by atoms with E-state index in [4.69, 9.17) is 11.6 Å². The normalized spacial score (nSPS) is 25.9. The van der Waals surface area contributed by atoms with Gasteiger partial charge in [0.15, 0.2) is 0 Å². The first-order valence-electron chi connectivity index (χ1n) is 7.84. The second kappa shape index (κ2) is 5.47. The maximum absolute atomic E-state index is 6.09. The predicted molar refractivity (Wildman–Crippen MR) is 88.1 cm³/mol. The molecule has 0 aliphatic carbocycles. The Balaban J connectivity index is 1.67. The zero-order valence-corrected chi connectivity index (χ0v) is 12.8. The average Bonchev–Trinajstić information content (AvgIpc) is 2.53. The number of hydrogen-bond acceptors (Lipinski definition) is 3. The molecule has 4 heteroatoms. The zero-order chi connectivity index (χ0) is 14.2. The van der Waals surface area contributed by atoms with Crippen LogP contribution in [0.5, 0.6) is 0 Å². The van der Waals surface area contributed by atoms with Crippen LogP contribution in [0.15, 0.2) is 30.5 Å². The minimum atomic E-state index is 0.720. The van der Waals surface area contributed by atoms with Crippen LogP contribution in [-0.2, 0) is 0 Å². The molecule has 2 aliphatic heterocycles. The van der Waals surface area contributed by atoms with E-state index in [2.05, 4.69) is 27.3 Å². The van der Waals surface area contributed by atoms with Gasteiger partial charge in [0.05, 0.1) is 5.52 Å². The van der Waals surface area contributed by atoms with E-state index >= 15 is 0 Å². The summed E-state index contributed by atoms with van der Waals surface area (Å²) >= 11 is 6.09. The molecule has 0 saturated carbocycles. The van der Waals surface area contributed by atoms with Crippen molar-refractivity contribution in [2.24, 2.45) is 5.92 Å². The Morgan fingerprint density at radius 3 is 3.14 bits per heavy atom. The van der Waals surface area contributed by atoms with Crippen molar-refractivity contribution in [2.75, 3.05) is 24.5 Å². The number of anilines is 1. The maximum Gasteiger partial charge on any atom is 0.0737 e. The van der Waals surface area contributed by atoms with Gasteiger partial charge in [0.1, 0.15) is 0 Å². The number of rotatable bonds is 1. The average molecular weight is 302 g/mol. The number of hydrogen-bond donors (Lipinski definition) is 1. The van der Waals surface area contributed by atoms with Gasteiger partial charge in [0.25, 0.3) is 0 Å². The molecule has 3 heterocycles. The highest BCUT2D eigenvalue weighted by Crippen LogP contribution is 2.32. The number of piperidine rings is 2. The first-order valence-corrected chi connectivity index (χ1v) is 8.22. The summed E-state index contributed by atoms with van der Waals surface area (Å²) in [6.07, 6.45) is 5.80. The van der Waals surface area contributed by atoms with Gasteiger partial charge in [0, 0.05) is 41.4 Å². The summed E-state index contributed by atoms with van der Waals surface area (Å²) in [5.41, 5.74) is 2.30. The fourth-order valence-electron chi connectivity index (χ4n) is 3.85. The molecule has 110 valence electrons. The lowest BCUT2D eigenvalue weighted by Crippen LogP contribution is -2.52. The number of aromatic nitrogens is 1. The Kier molecular flexibility index (Phi) is 3.48. The molecule has 21 heavy (non-hydrogen) atoms. The molecule has 0 radical (unpaired) electrons. The third-order valence-corrected chi connectivity index (χ3v) is 5.15. The van der Waals surface area contributed by atoms with Gasteiger partial charge in [-0.3, -0.25) is 4.98 Å². The van der Waals surface area contributed by atoms with Gasteiger partial charge in [-0.2, -0.15) is 0 Å². The van der Waals surface area contributed by atoms with E-state index in [1.54, 1.807) is 0 Å². The van der Waals surface area contributed by atoms with Gasteiger partial charge in [-0.1, -0.05) is 11.6 Å². The standard InChI is InChI=1S/C17H20ClN3/c18-13-3-4-14-16(10-13)20-8-5-17(14)21-9-6-15-12(11-21)2-1-7-19-15/h3-5,8,10,12,15,19H,1-2,6-7,9,11H2/t12-,15+/m1/s1. The molecule has 2 aromatic rings. The Hall–Kier alpha value is -1.32. The molecule has 1 aromatic heterocycles. The fourth-order valence-corrected chi connectivity index (χ4v) is 4.01. The molecular weight excluding hydrogens is 282 g/mol. The van der Waals surface area contributed by atoms with Gasteiger partial charge in [-0.25, -0.2) is 0 Å². The van der Waals surface area contributed by atoms with Crippen LogP contribution < -0.4 is 10.2 Å². The van der Waals surface area contributed by atoms with Crippen LogP contribution in [0.1, 0.15) is 19.3 Å². The van der Waals surface area contributed by atoms with Crippen LogP contribution in [0.25, 0.3) is 10.9 Å². The summed E-state index contributed by atoms with van der Waals surface area (Å²) in [4.78, 5) is 6.99. The van der Waals surface area contributed by atoms with Crippen LogP contribution in [0.4, 0.5) is 5.69 Å². The van der Waals surface area contributed by atoms with Crippen molar-refractivity contribution in [1.82, 2.24) is 10.3 Å². The number of nitrogens with one attached hydrogen (secondary N) is 1. The van der Waals surface area contributed by atoms with Crippen molar-refractivity contribution >= 4 is 28.2 Å². The van der Waals surface area contributed by atoms with Gasteiger partial charge >= 0.3 is 0 Å². The Labute approximate surface area is 130 Å². The lowest BCUT2D eigenvalue weighted by molar-refractivity contribution is 0.244. The monoisotopic (exact) mass is 301 g/mol. The van der Waals surface area contributed by atoms with Crippen molar-refractivity contribution in [3.8, 4) is 0 Å². The molecule has 1 aromatic carbocycles. The maximum atomic E-state index is 6.09. The smallest absolute Gasteiger partial charge is 0.0737 e. The molecule has 2 fully saturated rings. The number of benzene rings is 1. The summed E-state index contributed by atoms with van der Waals surface area (Å²) < 4.78 is 0. The molecular formula is C17H20ClN3. The number of fused-ring (bicyclic) bond motifs is 2. The van der Waals surface area contributed by atoms with E-state index in [9.17, 15) is 0 Å². The topological polar surface area (TPSA) is 28.2 Å². The van der Waals surface area contributed by atoms with Crippen LogP contribution in [0.2, 0.25) is 5.02 Å². The molecule has 0 bridgehead atoms. The number of nitrogens with zero attached hydrogens (tertiary/aromatic N) is 2. The van der Waals surface area contributed by atoms with E-state index in [-0.39, 0.29) is 0 Å². The zero-order valence-electron chi connectivity index (χ0n) is 12.1. The van der Waals surface area contributed by atoms with Crippen molar-refractivity contribution in [1.29, 1.82) is 0 Å². The highest BCUT2D eigenvalue weighted by molar-refractivity contribution is 6.31. The molecule has 4 rings (SSSR count). The van der Waals surface area contributed by atoms with Gasteiger partial charge in [0.2, 0.25) is 0 Å². The molecule has 2 saturated heterocycles. The van der Waals surface area contributed by atoms with Crippen LogP contribution in [0, 0.1) is 5.92 Å². The third-order valence-electron chi connectivity index (χ3n) is 4.91. The summed E-state index contributed by atoms with van der Waals surface area (Å²) in [5, 5.41) is 5.65. The Morgan fingerprint density at radius 1 is 1.24 bits per heavy atom. The third kappa shape index (κ3) is 2.49. The summed E-state index contributed by atoms with van der Waals surface area (Å²) in [5.74, 6) is 0.781. The highest BCUT2D eigenvalue weighted by atomic mass is 35.5. The summed E-state index contributed by atoms with van der Waals surface area (Å²) in [6.45, 7) is 3.47. The molecule has 2 atom stereocenters. The molecule has 2 aliphatic rings. The van der Waals surface area contributed by atoms with Crippen LogP contribution in [-0.4, -0.2) is 30.7 Å². The van der Waals surface area contributed by atoms with Crippen molar-refractivity contribution < 1.29 is 0 Å². The minimum absolute atomic E-state index is 0.720. The van der Waals surface area contributed by atoms with E-state index in [0.717, 1.165) is 35.6 Å². The Bertz CT molecular complexity index is 658. The summed E-state index contributed by atoms with van der Waals surface area (Å²) in [6, 6.07) is 8.88. The van der Waals surface area contributed by atoms with E-state index < -0.39 is 0 Å².